The number of benzene rings is 1. The second kappa shape index (κ2) is 6.42. The quantitative estimate of drug-likeness (QED) is 0.836. The Morgan fingerprint density at radius 1 is 1.21 bits per heavy atom. The van der Waals surface area contributed by atoms with Crippen LogP contribution in [0.5, 0.6) is 5.75 Å². The van der Waals surface area contributed by atoms with Gasteiger partial charge in [-0.1, -0.05) is 22.9 Å². The van der Waals surface area contributed by atoms with Crippen LogP contribution in [0.4, 0.5) is 0 Å². The number of nitrogens with one attached hydrogen (secondary N) is 1. The molecule has 1 aromatic carbocycles. The third-order valence-electron chi connectivity index (χ3n) is 2.92. The van der Waals surface area contributed by atoms with E-state index in [9.17, 15) is 4.79 Å². The molecule has 0 aromatic heterocycles. The molecule has 1 atom stereocenters. The molecule has 1 amide bonds. The summed E-state index contributed by atoms with van der Waals surface area (Å²) in [7, 11) is 0. The Morgan fingerprint density at radius 2 is 1.74 bits per heavy atom. The fraction of sp³-hybridized carbons (Fsp3) is 0.533. The van der Waals surface area contributed by atoms with Crippen LogP contribution in [0.1, 0.15) is 45.0 Å². The number of alkyl halides is 1. The molecule has 1 N–H and O–H groups in total. The van der Waals surface area contributed by atoms with E-state index in [-0.39, 0.29) is 22.4 Å². The lowest BCUT2D eigenvalue weighted by Crippen LogP contribution is -2.48. The van der Waals surface area contributed by atoms with Crippen LogP contribution < -0.4 is 10.1 Å². The van der Waals surface area contributed by atoms with Crippen molar-refractivity contribution in [2.24, 2.45) is 0 Å². The highest BCUT2D eigenvalue weighted by Gasteiger charge is 2.26. The van der Waals surface area contributed by atoms with Crippen LogP contribution in [0, 0.1) is 0 Å². The Labute approximate surface area is 123 Å². The standard InChI is InChI=1S/C15H22BrNO2/c1-10(2)19-13-8-6-12(7-9-13)14(18)17-15(4,5)11(3)16/h6-11H,1-5H3,(H,17,18). The topological polar surface area (TPSA) is 38.3 Å². The molecule has 0 aliphatic carbocycles. The van der Waals surface area contributed by atoms with E-state index in [0.717, 1.165) is 5.75 Å². The number of hydrogen-bond donors (Lipinski definition) is 1. The largest absolute Gasteiger partial charge is 0.491 e. The number of amides is 1. The number of carbonyl (C=O) groups excluding carboxylic acids is 1. The maximum atomic E-state index is 12.1. The van der Waals surface area contributed by atoms with Gasteiger partial charge in [-0.25, -0.2) is 0 Å². The smallest absolute Gasteiger partial charge is 0.251 e. The zero-order chi connectivity index (χ0) is 14.6. The molecule has 0 spiro atoms. The Kier molecular flexibility index (Phi) is 5.41. The summed E-state index contributed by atoms with van der Waals surface area (Å²) in [6.07, 6.45) is 0.132. The van der Waals surface area contributed by atoms with Crippen LogP contribution in [-0.2, 0) is 0 Å². The Hall–Kier alpha value is -1.03. The third kappa shape index (κ3) is 4.86. The Bertz CT molecular complexity index is 424. The van der Waals surface area contributed by atoms with Gasteiger partial charge in [0.2, 0.25) is 0 Å². The van der Waals surface area contributed by atoms with Gasteiger partial charge in [0.25, 0.3) is 5.91 Å². The van der Waals surface area contributed by atoms with E-state index in [2.05, 4.69) is 21.2 Å². The minimum Gasteiger partial charge on any atom is -0.491 e. The fourth-order valence-corrected chi connectivity index (χ4v) is 1.54. The maximum absolute atomic E-state index is 12.1. The molecule has 0 fully saturated rings. The molecule has 0 aliphatic heterocycles. The minimum atomic E-state index is -0.301. The lowest BCUT2D eigenvalue weighted by atomic mass is 10.0. The number of hydrogen-bond acceptors (Lipinski definition) is 2. The first kappa shape index (κ1) is 16.0. The average molecular weight is 328 g/mol. The third-order valence-corrected chi connectivity index (χ3v) is 4.06. The molecule has 0 heterocycles. The summed E-state index contributed by atoms with van der Waals surface area (Å²) in [5.41, 5.74) is 0.335. The molecule has 19 heavy (non-hydrogen) atoms. The monoisotopic (exact) mass is 327 g/mol. The van der Waals surface area contributed by atoms with Crippen LogP contribution in [-0.4, -0.2) is 22.4 Å². The van der Waals surface area contributed by atoms with Crippen molar-refractivity contribution >= 4 is 21.8 Å². The normalized spacial score (nSPS) is 13.2. The molecule has 3 nitrogen and oxygen atoms in total. The van der Waals surface area contributed by atoms with Crippen LogP contribution in [0.3, 0.4) is 0 Å². The van der Waals surface area contributed by atoms with Crippen molar-refractivity contribution < 1.29 is 9.53 Å². The molecule has 0 radical (unpaired) electrons. The molecule has 0 bridgehead atoms. The molecule has 1 rings (SSSR count). The van der Waals surface area contributed by atoms with Gasteiger partial charge < -0.3 is 10.1 Å². The van der Waals surface area contributed by atoms with Crippen molar-refractivity contribution in [2.45, 2.75) is 51.1 Å². The van der Waals surface area contributed by atoms with Gasteiger partial charge in [-0.3, -0.25) is 4.79 Å². The van der Waals surface area contributed by atoms with E-state index in [0.29, 0.717) is 5.56 Å². The molecular formula is C15H22BrNO2. The highest BCUT2D eigenvalue weighted by molar-refractivity contribution is 9.09. The minimum absolute atomic E-state index is 0.0765. The van der Waals surface area contributed by atoms with Crippen LogP contribution in [0.25, 0.3) is 0 Å². The molecule has 0 saturated heterocycles. The molecular weight excluding hydrogens is 306 g/mol. The van der Waals surface area contributed by atoms with Gasteiger partial charge in [0.1, 0.15) is 5.75 Å². The summed E-state index contributed by atoms with van der Waals surface area (Å²) < 4.78 is 5.55. The van der Waals surface area contributed by atoms with Gasteiger partial charge in [0, 0.05) is 15.9 Å². The predicted octanol–water partition coefficient (Wildman–Crippen LogP) is 3.77. The first-order valence-electron chi connectivity index (χ1n) is 6.45. The summed E-state index contributed by atoms with van der Waals surface area (Å²) in [5, 5.41) is 3.01. The summed E-state index contributed by atoms with van der Waals surface area (Å²) in [4.78, 5) is 12.3. The van der Waals surface area contributed by atoms with E-state index < -0.39 is 0 Å². The van der Waals surface area contributed by atoms with Crippen molar-refractivity contribution in [3.63, 3.8) is 0 Å². The predicted molar refractivity (Wildman–Crippen MR) is 82.1 cm³/mol. The molecule has 106 valence electrons. The highest BCUT2D eigenvalue weighted by Crippen LogP contribution is 2.18. The van der Waals surface area contributed by atoms with Crippen LogP contribution in [0.2, 0.25) is 0 Å². The first-order valence-corrected chi connectivity index (χ1v) is 7.37. The fourth-order valence-electron chi connectivity index (χ4n) is 1.42. The summed E-state index contributed by atoms with van der Waals surface area (Å²) in [6, 6.07) is 7.20. The lowest BCUT2D eigenvalue weighted by molar-refractivity contribution is 0.0914. The lowest BCUT2D eigenvalue weighted by Gasteiger charge is -2.29. The van der Waals surface area contributed by atoms with Crippen LogP contribution >= 0.6 is 15.9 Å². The van der Waals surface area contributed by atoms with Gasteiger partial charge in [0.15, 0.2) is 0 Å². The zero-order valence-corrected chi connectivity index (χ0v) is 13.7. The Morgan fingerprint density at radius 3 is 2.16 bits per heavy atom. The van der Waals surface area contributed by atoms with Gasteiger partial charge >= 0.3 is 0 Å². The van der Waals surface area contributed by atoms with Crippen molar-refractivity contribution in [1.82, 2.24) is 5.32 Å². The number of rotatable bonds is 5. The molecule has 1 aromatic rings. The second-order valence-electron chi connectivity index (χ2n) is 5.48. The zero-order valence-electron chi connectivity index (χ0n) is 12.2. The molecule has 1 unspecified atom stereocenters. The molecule has 0 saturated carbocycles. The van der Waals surface area contributed by atoms with Crippen molar-refractivity contribution in [3.8, 4) is 5.75 Å². The summed E-state index contributed by atoms with van der Waals surface area (Å²) >= 11 is 3.50. The molecule has 0 aliphatic rings. The molecule has 4 heteroatoms. The average Bonchev–Trinajstić information content (AvgIpc) is 2.28. The van der Waals surface area contributed by atoms with E-state index in [4.69, 9.17) is 4.74 Å². The van der Waals surface area contributed by atoms with Crippen molar-refractivity contribution in [1.29, 1.82) is 0 Å². The summed E-state index contributed by atoms with van der Waals surface area (Å²) in [5.74, 6) is 0.701. The first-order chi connectivity index (χ1) is 8.72. The van der Waals surface area contributed by atoms with E-state index in [1.165, 1.54) is 0 Å². The Balaban J connectivity index is 2.73. The number of halogens is 1. The van der Waals surface area contributed by atoms with E-state index in [1.807, 2.05) is 46.8 Å². The van der Waals surface area contributed by atoms with Gasteiger partial charge in [-0.2, -0.15) is 0 Å². The van der Waals surface area contributed by atoms with Gasteiger partial charge in [0.05, 0.1) is 6.10 Å². The van der Waals surface area contributed by atoms with E-state index >= 15 is 0 Å². The highest BCUT2D eigenvalue weighted by atomic mass is 79.9. The second-order valence-corrected chi connectivity index (χ2v) is 6.86. The SMILES string of the molecule is CC(C)Oc1ccc(C(=O)NC(C)(C)C(C)Br)cc1. The number of ether oxygens (including phenoxy) is 1. The van der Waals surface area contributed by atoms with Gasteiger partial charge in [-0.15, -0.1) is 0 Å². The van der Waals surface area contributed by atoms with Crippen molar-refractivity contribution in [3.05, 3.63) is 29.8 Å². The number of carbonyl (C=O) groups is 1. The van der Waals surface area contributed by atoms with Crippen molar-refractivity contribution in [2.75, 3.05) is 0 Å². The maximum Gasteiger partial charge on any atom is 0.251 e. The summed E-state index contributed by atoms with van der Waals surface area (Å²) in [6.45, 7) is 9.93. The van der Waals surface area contributed by atoms with Crippen LogP contribution in [0.15, 0.2) is 24.3 Å². The van der Waals surface area contributed by atoms with E-state index in [1.54, 1.807) is 12.1 Å². The van der Waals surface area contributed by atoms with Gasteiger partial charge in [-0.05, 0) is 52.0 Å².